The fraction of sp³-hybridized carbons (Fsp3) is 0.882. The minimum absolute atomic E-state index is 0.0727. The Balaban J connectivity index is 4.50. The number of aliphatic hydroxyl groups excluding tert-OH is 2. The standard InChI is InChI=1S/C51H97NO5/c1-4-7-10-13-16-19-21-23-24-25-26-27-29-32-35-38-41-44-51(56)57-47(42-39-36-33-31-28-22-20-17-14-11-8-5-2)45-50(55)52-48(46-53)49(54)43-40-37-34-30-18-15-12-9-6-3/h8,11,17,20,47-49,53-54H,4-7,9-10,12-16,18-19,21-46H2,1-3H3,(H,52,55)/b11-8+,20-17+. The van der Waals surface area contributed by atoms with Crippen LogP contribution in [0.4, 0.5) is 0 Å². The average molecular weight is 804 g/mol. The molecule has 0 radical (unpaired) electrons. The second kappa shape index (κ2) is 45.4. The summed E-state index contributed by atoms with van der Waals surface area (Å²) < 4.78 is 5.92. The number of aliphatic hydroxyl groups is 2. The van der Waals surface area contributed by atoms with Crippen LogP contribution < -0.4 is 5.32 Å². The number of hydrogen-bond donors (Lipinski definition) is 3. The minimum atomic E-state index is -0.785. The molecule has 0 rings (SSSR count). The molecule has 57 heavy (non-hydrogen) atoms. The Kier molecular flexibility index (Phi) is 44.1. The number of rotatable bonds is 45. The predicted molar refractivity (Wildman–Crippen MR) is 246 cm³/mol. The molecule has 3 atom stereocenters. The third-order valence-corrected chi connectivity index (χ3v) is 11.5. The molecular weight excluding hydrogens is 707 g/mol. The van der Waals surface area contributed by atoms with Crippen molar-refractivity contribution in [2.45, 2.75) is 283 Å². The maximum Gasteiger partial charge on any atom is 0.306 e. The summed E-state index contributed by atoms with van der Waals surface area (Å²) in [5.41, 5.74) is 0. The van der Waals surface area contributed by atoms with Gasteiger partial charge in [0.15, 0.2) is 0 Å². The molecule has 3 N–H and O–H groups in total. The second-order valence-corrected chi connectivity index (χ2v) is 17.2. The molecule has 336 valence electrons. The van der Waals surface area contributed by atoms with Crippen molar-refractivity contribution in [2.24, 2.45) is 0 Å². The Morgan fingerprint density at radius 3 is 1.42 bits per heavy atom. The van der Waals surface area contributed by atoms with Gasteiger partial charge in [-0.15, -0.1) is 0 Å². The summed E-state index contributed by atoms with van der Waals surface area (Å²) in [6.07, 6.45) is 51.0. The SMILES string of the molecule is CC/C=C/C/C=C/CCCCCCCC(CC(=O)NC(CO)C(O)CCCCCCCCCCC)OC(=O)CCCCCCCCCCCCCCCCCCC. The first-order valence-electron chi connectivity index (χ1n) is 25.1. The van der Waals surface area contributed by atoms with Gasteiger partial charge >= 0.3 is 5.97 Å². The average Bonchev–Trinajstić information content (AvgIpc) is 3.20. The van der Waals surface area contributed by atoms with Gasteiger partial charge in [-0.3, -0.25) is 9.59 Å². The van der Waals surface area contributed by atoms with E-state index in [4.69, 9.17) is 4.74 Å². The molecule has 0 aliphatic heterocycles. The molecule has 6 nitrogen and oxygen atoms in total. The maximum absolute atomic E-state index is 13.1. The second-order valence-electron chi connectivity index (χ2n) is 17.2. The fourth-order valence-electron chi connectivity index (χ4n) is 7.76. The van der Waals surface area contributed by atoms with Crippen LogP contribution in [0.3, 0.4) is 0 Å². The number of carbonyl (C=O) groups is 2. The predicted octanol–water partition coefficient (Wildman–Crippen LogP) is 14.7. The number of allylic oxidation sites excluding steroid dienone is 4. The molecular formula is C51H97NO5. The van der Waals surface area contributed by atoms with Gasteiger partial charge in [-0.25, -0.2) is 0 Å². The molecule has 1 amide bonds. The first-order valence-corrected chi connectivity index (χ1v) is 25.1. The van der Waals surface area contributed by atoms with Crippen molar-refractivity contribution < 1.29 is 24.5 Å². The summed E-state index contributed by atoms with van der Waals surface area (Å²) in [5.74, 6) is -0.477. The Morgan fingerprint density at radius 1 is 0.526 bits per heavy atom. The number of carbonyl (C=O) groups excluding carboxylic acids is 2. The summed E-state index contributed by atoms with van der Waals surface area (Å²) in [6, 6.07) is -0.700. The van der Waals surface area contributed by atoms with Crippen molar-refractivity contribution in [3.05, 3.63) is 24.3 Å². The van der Waals surface area contributed by atoms with E-state index in [1.807, 2.05) is 0 Å². The van der Waals surface area contributed by atoms with E-state index in [2.05, 4.69) is 50.4 Å². The van der Waals surface area contributed by atoms with Gasteiger partial charge in [0.25, 0.3) is 0 Å². The van der Waals surface area contributed by atoms with Crippen LogP contribution in [0, 0.1) is 0 Å². The van der Waals surface area contributed by atoms with Crippen molar-refractivity contribution in [3.63, 3.8) is 0 Å². The van der Waals surface area contributed by atoms with Crippen LogP contribution in [0.25, 0.3) is 0 Å². The highest BCUT2D eigenvalue weighted by atomic mass is 16.5. The zero-order valence-electron chi connectivity index (χ0n) is 38.2. The maximum atomic E-state index is 13.1. The highest BCUT2D eigenvalue weighted by Gasteiger charge is 2.24. The van der Waals surface area contributed by atoms with E-state index in [9.17, 15) is 19.8 Å². The monoisotopic (exact) mass is 804 g/mol. The van der Waals surface area contributed by atoms with E-state index >= 15 is 0 Å². The van der Waals surface area contributed by atoms with Crippen LogP contribution >= 0.6 is 0 Å². The lowest BCUT2D eigenvalue weighted by atomic mass is 10.0. The quantitative estimate of drug-likeness (QED) is 0.0324. The van der Waals surface area contributed by atoms with E-state index < -0.39 is 18.2 Å². The zero-order valence-corrected chi connectivity index (χ0v) is 38.2. The number of esters is 1. The molecule has 0 aromatic rings. The topological polar surface area (TPSA) is 95.9 Å². The number of nitrogens with one attached hydrogen (secondary N) is 1. The third-order valence-electron chi connectivity index (χ3n) is 11.5. The number of ether oxygens (including phenoxy) is 1. The van der Waals surface area contributed by atoms with Crippen molar-refractivity contribution in [1.29, 1.82) is 0 Å². The van der Waals surface area contributed by atoms with Gasteiger partial charge in [0.1, 0.15) is 6.10 Å². The highest BCUT2D eigenvalue weighted by Crippen LogP contribution is 2.18. The van der Waals surface area contributed by atoms with Crippen LogP contribution in [0.15, 0.2) is 24.3 Å². The van der Waals surface area contributed by atoms with Crippen molar-refractivity contribution in [3.8, 4) is 0 Å². The van der Waals surface area contributed by atoms with Crippen molar-refractivity contribution >= 4 is 11.9 Å². The summed E-state index contributed by atoms with van der Waals surface area (Å²) in [5, 5.41) is 23.6. The van der Waals surface area contributed by atoms with Crippen molar-refractivity contribution in [1.82, 2.24) is 5.32 Å². The van der Waals surface area contributed by atoms with Crippen molar-refractivity contribution in [2.75, 3.05) is 6.61 Å². The van der Waals surface area contributed by atoms with Gasteiger partial charge in [-0.1, -0.05) is 225 Å². The van der Waals surface area contributed by atoms with E-state index in [1.54, 1.807) is 0 Å². The molecule has 3 unspecified atom stereocenters. The smallest absolute Gasteiger partial charge is 0.306 e. The van der Waals surface area contributed by atoms with Gasteiger partial charge in [0, 0.05) is 6.42 Å². The van der Waals surface area contributed by atoms with Gasteiger partial charge in [0.05, 0.1) is 25.2 Å². The summed E-state index contributed by atoms with van der Waals surface area (Å²) in [4.78, 5) is 26.1. The molecule has 0 saturated heterocycles. The van der Waals surface area contributed by atoms with E-state index in [-0.39, 0.29) is 24.9 Å². The summed E-state index contributed by atoms with van der Waals surface area (Å²) >= 11 is 0. The van der Waals surface area contributed by atoms with E-state index in [0.717, 1.165) is 77.0 Å². The van der Waals surface area contributed by atoms with Gasteiger partial charge in [0.2, 0.25) is 5.91 Å². The molecule has 6 heteroatoms. The Labute approximate surface area is 354 Å². The van der Waals surface area contributed by atoms with Gasteiger partial charge in [-0.2, -0.15) is 0 Å². The first kappa shape index (κ1) is 55.3. The Bertz CT molecular complexity index is 904. The molecule has 0 heterocycles. The molecule has 0 spiro atoms. The summed E-state index contributed by atoms with van der Waals surface area (Å²) in [7, 11) is 0. The highest BCUT2D eigenvalue weighted by molar-refractivity contribution is 5.77. The van der Waals surface area contributed by atoms with Crippen LogP contribution in [-0.4, -0.2) is 46.9 Å². The van der Waals surface area contributed by atoms with Gasteiger partial charge < -0.3 is 20.3 Å². The molecule has 0 aliphatic rings. The zero-order chi connectivity index (χ0) is 41.7. The number of unbranched alkanes of at least 4 members (excludes halogenated alkanes) is 29. The van der Waals surface area contributed by atoms with Crippen LogP contribution in [0.1, 0.15) is 265 Å². The molecule has 0 saturated carbocycles. The normalized spacial score (nSPS) is 13.4. The van der Waals surface area contributed by atoms with Gasteiger partial charge in [-0.05, 0) is 51.4 Å². The molecule has 0 fully saturated rings. The molecule has 0 bridgehead atoms. The summed E-state index contributed by atoms with van der Waals surface area (Å²) in [6.45, 7) is 6.37. The van der Waals surface area contributed by atoms with E-state index in [0.29, 0.717) is 19.3 Å². The molecule has 0 aromatic carbocycles. The first-order chi connectivity index (χ1) is 28.0. The molecule has 0 aliphatic carbocycles. The lowest BCUT2D eigenvalue weighted by molar-refractivity contribution is -0.151. The lowest BCUT2D eigenvalue weighted by Crippen LogP contribution is -2.46. The Hall–Kier alpha value is -1.66. The van der Waals surface area contributed by atoms with Crippen LogP contribution in [0.2, 0.25) is 0 Å². The Morgan fingerprint density at radius 2 is 0.947 bits per heavy atom. The third kappa shape index (κ3) is 40.9. The minimum Gasteiger partial charge on any atom is -0.462 e. The number of hydrogen-bond acceptors (Lipinski definition) is 5. The fourth-order valence-corrected chi connectivity index (χ4v) is 7.76. The lowest BCUT2D eigenvalue weighted by Gasteiger charge is -2.24. The molecule has 0 aromatic heterocycles. The largest absolute Gasteiger partial charge is 0.462 e. The van der Waals surface area contributed by atoms with Crippen LogP contribution in [-0.2, 0) is 14.3 Å². The number of amides is 1. The van der Waals surface area contributed by atoms with E-state index in [1.165, 1.54) is 141 Å². The van der Waals surface area contributed by atoms with Crippen LogP contribution in [0.5, 0.6) is 0 Å².